The van der Waals surface area contributed by atoms with Gasteiger partial charge in [0.15, 0.2) is 0 Å². The van der Waals surface area contributed by atoms with Gasteiger partial charge in [0.05, 0.1) is 0 Å². The van der Waals surface area contributed by atoms with Crippen LogP contribution in [0, 0.1) is 0 Å². The molecular formula is C48H72O. The van der Waals surface area contributed by atoms with Gasteiger partial charge in [-0.3, -0.25) is 0 Å². The van der Waals surface area contributed by atoms with E-state index in [4.69, 9.17) is 5.11 Å². The SMILES string of the molecule is CCC(C)c1ccc(C(C)CC)cc1.CCC(C)c1ccc(O)cc1.CCC(C)c1cccc(C(C)CC)c1.CCC(C)c1ccccc1. The Hall–Kier alpha value is -3.32. The van der Waals surface area contributed by atoms with Crippen LogP contribution in [0.25, 0.3) is 0 Å². The Labute approximate surface area is 303 Å². The largest absolute Gasteiger partial charge is 0.508 e. The molecular weight excluding hydrogens is 593 g/mol. The minimum absolute atomic E-state index is 0.344. The molecule has 1 nitrogen and oxygen atoms in total. The van der Waals surface area contributed by atoms with Gasteiger partial charge in [0.2, 0.25) is 0 Å². The van der Waals surface area contributed by atoms with Gasteiger partial charge >= 0.3 is 0 Å². The molecule has 0 radical (unpaired) electrons. The van der Waals surface area contributed by atoms with E-state index in [-0.39, 0.29) is 0 Å². The Morgan fingerprint density at radius 3 is 0.878 bits per heavy atom. The Kier molecular flexibility index (Phi) is 22.1. The van der Waals surface area contributed by atoms with Crippen molar-refractivity contribution in [1.29, 1.82) is 0 Å². The van der Waals surface area contributed by atoms with Crippen molar-refractivity contribution in [2.75, 3.05) is 0 Å². The molecule has 0 heterocycles. The Morgan fingerprint density at radius 2 is 0.571 bits per heavy atom. The standard InChI is InChI=1S/2C14H22.C10H14O.C10H14/c1-5-11(3)13-7-9-14(10-8-13)12(4)6-2;1-5-11(3)13-8-7-9-14(10-13)12(4)6-2;1-3-8(2)9-4-6-10(11)7-5-9;1-3-9(2)10-7-5-4-6-8-10/h2*7-12H,5-6H2,1-4H3;4-8,11H,3H2,1-2H3;4-9H,3H2,1-2H3. The first-order chi connectivity index (χ1) is 23.4. The quantitative estimate of drug-likeness (QED) is 0.160. The van der Waals surface area contributed by atoms with Gasteiger partial charge in [-0.1, -0.05) is 174 Å². The van der Waals surface area contributed by atoms with Gasteiger partial charge in [0.25, 0.3) is 0 Å². The zero-order valence-corrected chi connectivity index (χ0v) is 33.5. The van der Waals surface area contributed by atoms with Crippen LogP contribution in [-0.4, -0.2) is 5.11 Å². The molecule has 4 aromatic rings. The van der Waals surface area contributed by atoms with Crippen molar-refractivity contribution in [2.45, 2.75) is 157 Å². The molecule has 49 heavy (non-hydrogen) atoms. The highest BCUT2D eigenvalue weighted by Crippen LogP contribution is 2.26. The van der Waals surface area contributed by atoms with Crippen LogP contribution in [0.2, 0.25) is 0 Å². The number of phenols is 1. The van der Waals surface area contributed by atoms with E-state index in [0.29, 0.717) is 41.3 Å². The number of phenolic OH excluding ortho intramolecular Hbond substituents is 1. The lowest BCUT2D eigenvalue weighted by Gasteiger charge is -2.14. The van der Waals surface area contributed by atoms with Crippen molar-refractivity contribution in [3.05, 3.63) is 137 Å². The third kappa shape index (κ3) is 16.3. The van der Waals surface area contributed by atoms with Crippen molar-refractivity contribution in [2.24, 2.45) is 0 Å². The molecule has 270 valence electrons. The summed E-state index contributed by atoms with van der Waals surface area (Å²) in [6.45, 7) is 27.0. The van der Waals surface area contributed by atoms with Crippen LogP contribution < -0.4 is 0 Å². The molecule has 0 aliphatic carbocycles. The molecule has 4 rings (SSSR count). The van der Waals surface area contributed by atoms with Crippen LogP contribution in [-0.2, 0) is 0 Å². The van der Waals surface area contributed by atoms with Crippen LogP contribution in [0.15, 0.2) is 103 Å². The Morgan fingerprint density at radius 1 is 0.327 bits per heavy atom. The maximum absolute atomic E-state index is 9.01. The van der Waals surface area contributed by atoms with E-state index in [9.17, 15) is 0 Å². The molecule has 0 saturated carbocycles. The summed E-state index contributed by atoms with van der Waals surface area (Å²) in [4.78, 5) is 0. The summed E-state index contributed by atoms with van der Waals surface area (Å²) in [7, 11) is 0. The first-order valence-electron chi connectivity index (χ1n) is 19.5. The molecule has 0 spiro atoms. The molecule has 0 aromatic heterocycles. The van der Waals surface area contributed by atoms with E-state index in [1.54, 1.807) is 12.1 Å². The topological polar surface area (TPSA) is 20.2 Å². The molecule has 0 saturated heterocycles. The fourth-order valence-electron chi connectivity index (χ4n) is 5.32. The van der Waals surface area contributed by atoms with E-state index in [0.717, 1.165) is 6.42 Å². The van der Waals surface area contributed by atoms with E-state index >= 15 is 0 Å². The second-order valence-electron chi connectivity index (χ2n) is 14.2. The molecule has 0 amide bonds. The third-order valence-electron chi connectivity index (χ3n) is 10.6. The van der Waals surface area contributed by atoms with Crippen LogP contribution in [0.5, 0.6) is 5.75 Å². The van der Waals surface area contributed by atoms with Gasteiger partial charge < -0.3 is 5.11 Å². The van der Waals surface area contributed by atoms with Crippen LogP contribution in [0.3, 0.4) is 0 Å². The maximum Gasteiger partial charge on any atom is 0.115 e. The van der Waals surface area contributed by atoms with Crippen molar-refractivity contribution in [3.8, 4) is 5.75 Å². The molecule has 1 heteroatoms. The summed E-state index contributed by atoms with van der Waals surface area (Å²) in [6.07, 6.45) is 7.27. The predicted molar refractivity (Wildman–Crippen MR) is 220 cm³/mol. The minimum atomic E-state index is 0.344. The zero-order chi connectivity index (χ0) is 36.8. The van der Waals surface area contributed by atoms with Crippen molar-refractivity contribution in [3.63, 3.8) is 0 Å². The first-order valence-corrected chi connectivity index (χ1v) is 19.5. The Balaban J connectivity index is 0.000000330. The molecule has 1 N–H and O–H groups in total. The van der Waals surface area contributed by atoms with E-state index in [2.05, 4.69) is 162 Å². The predicted octanol–water partition coefficient (Wildman–Crippen LogP) is 15.5. The molecule has 4 aromatic carbocycles. The van der Waals surface area contributed by atoms with Gasteiger partial charge in [-0.15, -0.1) is 0 Å². The second kappa shape index (κ2) is 24.8. The number of aromatic hydroxyl groups is 1. The molecule has 0 aliphatic heterocycles. The molecule has 6 unspecified atom stereocenters. The van der Waals surface area contributed by atoms with Crippen LogP contribution in [0.1, 0.15) is 190 Å². The van der Waals surface area contributed by atoms with Crippen molar-refractivity contribution >= 4 is 0 Å². The fraction of sp³-hybridized carbons (Fsp3) is 0.500. The van der Waals surface area contributed by atoms with E-state index in [1.165, 1.54) is 65.5 Å². The van der Waals surface area contributed by atoms with Gasteiger partial charge in [0, 0.05) is 0 Å². The minimum Gasteiger partial charge on any atom is -0.508 e. The number of rotatable bonds is 12. The lowest BCUT2D eigenvalue weighted by Crippen LogP contribution is -1.96. The summed E-state index contributed by atoms with van der Waals surface area (Å²) < 4.78 is 0. The first kappa shape index (κ1) is 43.7. The summed E-state index contributed by atoms with van der Waals surface area (Å²) in [5.74, 6) is 4.42. The summed E-state index contributed by atoms with van der Waals surface area (Å²) in [5.41, 5.74) is 8.67. The highest BCUT2D eigenvalue weighted by Gasteiger charge is 2.07. The average Bonchev–Trinajstić information content (AvgIpc) is 3.17. The lowest BCUT2D eigenvalue weighted by atomic mass is 9.92. The highest BCUT2D eigenvalue weighted by atomic mass is 16.3. The highest BCUT2D eigenvalue weighted by molar-refractivity contribution is 5.29. The molecule has 0 bridgehead atoms. The molecule has 0 aliphatic rings. The Bertz CT molecular complexity index is 1300. The second-order valence-corrected chi connectivity index (χ2v) is 14.2. The summed E-state index contributed by atoms with van der Waals surface area (Å²) in [6, 6.07) is 36.3. The number of benzene rings is 4. The van der Waals surface area contributed by atoms with Crippen LogP contribution in [0.4, 0.5) is 0 Å². The van der Waals surface area contributed by atoms with Gasteiger partial charge in [0.1, 0.15) is 5.75 Å². The normalized spacial score (nSPS) is 14.2. The van der Waals surface area contributed by atoms with Crippen LogP contribution >= 0.6 is 0 Å². The lowest BCUT2D eigenvalue weighted by molar-refractivity contribution is 0.475. The smallest absolute Gasteiger partial charge is 0.115 e. The monoisotopic (exact) mass is 665 g/mol. The number of hydrogen-bond donors (Lipinski definition) is 1. The van der Waals surface area contributed by atoms with E-state index in [1.807, 2.05) is 12.1 Å². The maximum atomic E-state index is 9.01. The van der Waals surface area contributed by atoms with Gasteiger partial charge in [-0.25, -0.2) is 0 Å². The zero-order valence-electron chi connectivity index (χ0n) is 33.5. The van der Waals surface area contributed by atoms with Gasteiger partial charge in [-0.05, 0) is 120 Å². The van der Waals surface area contributed by atoms with E-state index < -0.39 is 0 Å². The summed E-state index contributed by atoms with van der Waals surface area (Å²) in [5, 5.41) is 9.01. The van der Waals surface area contributed by atoms with Crippen molar-refractivity contribution < 1.29 is 5.11 Å². The average molecular weight is 665 g/mol. The fourth-order valence-corrected chi connectivity index (χ4v) is 5.32. The summed E-state index contributed by atoms with van der Waals surface area (Å²) >= 11 is 0. The third-order valence-corrected chi connectivity index (χ3v) is 10.6. The number of hydrogen-bond acceptors (Lipinski definition) is 1. The molecule has 6 atom stereocenters. The molecule has 0 fully saturated rings. The van der Waals surface area contributed by atoms with Crippen molar-refractivity contribution in [1.82, 2.24) is 0 Å². The van der Waals surface area contributed by atoms with Gasteiger partial charge in [-0.2, -0.15) is 0 Å².